The van der Waals surface area contributed by atoms with Crippen LogP contribution in [0.15, 0.2) is 60.7 Å². The number of carboxylic acids is 1. The summed E-state index contributed by atoms with van der Waals surface area (Å²) in [5.74, 6) is -3.63. The number of hydrogen-bond acceptors (Lipinski definition) is 6. The fourth-order valence-corrected chi connectivity index (χ4v) is 4.48. The fourth-order valence-electron chi connectivity index (χ4n) is 4.48. The molecule has 0 saturated carbocycles. The lowest BCUT2D eigenvalue weighted by Crippen LogP contribution is -2.46. The molecule has 188 valence electrons. The number of aromatic nitrogens is 2. The van der Waals surface area contributed by atoms with Crippen LogP contribution in [0, 0.1) is 11.6 Å². The molecule has 1 aliphatic heterocycles. The Hall–Kier alpha value is -4.44. The zero-order valence-electron chi connectivity index (χ0n) is 19.8. The standard InChI is InChI=1S/C27H23F2N5O3/c1-27(25(36)37,31-12-15-6-8-20(28)21(29)10-15)18-7-9-22-19(11-18)23(33-26(30)32-22)24(35)34-13-16-4-2-3-5-17(16)14-34/h2-11,31H,12-14H2,1H3,(H,36,37)(H2,30,32,33). The van der Waals surface area contributed by atoms with Gasteiger partial charge in [-0.2, -0.15) is 0 Å². The lowest BCUT2D eigenvalue weighted by Gasteiger charge is -2.27. The van der Waals surface area contributed by atoms with E-state index >= 15 is 0 Å². The first kappa shape index (κ1) is 24.3. The number of amides is 1. The fraction of sp³-hybridized carbons (Fsp3) is 0.185. The molecule has 4 aromatic rings. The number of benzene rings is 3. The largest absolute Gasteiger partial charge is 0.480 e. The molecule has 3 aromatic carbocycles. The van der Waals surface area contributed by atoms with Crippen LogP contribution in [0.1, 0.15) is 39.7 Å². The van der Waals surface area contributed by atoms with Gasteiger partial charge in [0.15, 0.2) is 11.6 Å². The van der Waals surface area contributed by atoms with Gasteiger partial charge in [0.1, 0.15) is 11.2 Å². The molecule has 8 nitrogen and oxygen atoms in total. The molecule has 1 aliphatic rings. The van der Waals surface area contributed by atoms with Crippen molar-refractivity contribution in [2.75, 3.05) is 5.73 Å². The normalized spacial score (nSPS) is 14.4. The molecule has 0 saturated heterocycles. The molecular weight excluding hydrogens is 480 g/mol. The summed E-state index contributed by atoms with van der Waals surface area (Å²) in [6, 6.07) is 15.8. The van der Waals surface area contributed by atoms with Crippen LogP contribution in [-0.4, -0.2) is 31.9 Å². The Labute approximate surface area is 210 Å². The summed E-state index contributed by atoms with van der Waals surface area (Å²) in [4.78, 5) is 36.0. The number of carbonyl (C=O) groups is 2. The third-order valence-electron chi connectivity index (χ3n) is 6.68. The molecule has 1 atom stereocenters. The van der Waals surface area contributed by atoms with E-state index in [0.29, 0.717) is 35.1 Å². The number of carbonyl (C=O) groups excluding carboxylic acids is 1. The van der Waals surface area contributed by atoms with Gasteiger partial charge >= 0.3 is 5.97 Å². The van der Waals surface area contributed by atoms with Crippen molar-refractivity contribution in [1.29, 1.82) is 0 Å². The molecule has 2 heterocycles. The highest BCUT2D eigenvalue weighted by atomic mass is 19.2. The van der Waals surface area contributed by atoms with Crippen molar-refractivity contribution in [3.63, 3.8) is 0 Å². The molecule has 5 rings (SSSR count). The van der Waals surface area contributed by atoms with Crippen molar-refractivity contribution >= 4 is 28.7 Å². The molecule has 10 heteroatoms. The summed E-state index contributed by atoms with van der Waals surface area (Å²) in [6.07, 6.45) is 0. The minimum absolute atomic E-state index is 0.0475. The maximum Gasteiger partial charge on any atom is 0.328 e. The Balaban J connectivity index is 1.51. The molecule has 0 bridgehead atoms. The molecule has 1 amide bonds. The first-order valence-corrected chi connectivity index (χ1v) is 11.5. The predicted octanol–water partition coefficient (Wildman–Crippen LogP) is 3.74. The van der Waals surface area contributed by atoms with Gasteiger partial charge in [-0.15, -0.1) is 0 Å². The molecule has 0 radical (unpaired) electrons. The summed E-state index contributed by atoms with van der Waals surface area (Å²) in [5.41, 5.74) is 7.51. The number of hydrogen-bond donors (Lipinski definition) is 3. The minimum Gasteiger partial charge on any atom is -0.480 e. The Morgan fingerprint density at radius 2 is 1.73 bits per heavy atom. The average molecular weight is 504 g/mol. The molecule has 1 aromatic heterocycles. The minimum atomic E-state index is -1.63. The van der Waals surface area contributed by atoms with Gasteiger partial charge in [0.25, 0.3) is 5.91 Å². The lowest BCUT2D eigenvalue weighted by molar-refractivity contribution is -0.144. The molecule has 0 fully saturated rings. The maximum atomic E-state index is 13.6. The van der Waals surface area contributed by atoms with E-state index in [2.05, 4.69) is 15.3 Å². The van der Waals surface area contributed by atoms with Gasteiger partial charge in [0, 0.05) is 25.0 Å². The summed E-state index contributed by atoms with van der Waals surface area (Å²) < 4.78 is 26.9. The zero-order chi connectivity index (χ0) is 26.3. The van der Waals surface area contributed by atoms with E-state index in [1.165, 1.54) is 13.0 Å². The number of carboxylic acid groups (broad SMARTS) is 1. The van der Waals surface area contributed by atoms with Crippen molar-refractivity contribution in [3.8, 4) is 0 Å². The van der Waals surface area contributed by atoms with E-state index in [-0.39, 0.29) is 24.1 Å². The van der Waals surface area contributed by atoms with Gasteiger partial charge in [-0.25, -0.2) is 23.5 Å². The van der Waals surface area contributed by atoms with E-state index in [4.69, 9.17) is 5.73 Å². The van der Waals surface area contributed by atoms with Crippen LogP contribution in [0.25, 0.3) is 10.9 Å². The average Bonchev–Trinajstić information content (AvgIpc) is 3.32. The Kier molecular flexibility index (Phi) is 6.04. The Morgan fingerprint density at radius 1 is 1.03 bits per heavy atom. The van der Waals surface area contributed by atoms with Crippen LogP contribution < -0.4 is 11.1 Å². The molecular formula is C27H23F2N5O3. The van der Waals surface area contributed by atoms with Crippen LogP contribution in [0.4, 0.5) is 14.7 Å². The predicted molar refractivity (Wildman–Crippen MR) is 132 cm³/mol. The van der Waals surface area contributed by atoms with Crippen molar-refractivity contribution in [2.24, 2.45) is 0 Å². The van der Waals surface area contributed by atoms with Gasteiger partial charge in [0.2, 0.25) is 5.95 Å². The molecule has 0 aliphatic carbocycles. The number of nitrogens with two attached hydrogens (primary N) is 1. The highest BCUT2D eigenvalue weighted by Gasteiger charge is 2.36. The molecule has 37 heavy (non-hydrogen) atoms. The second-order valence-electron chi connectivity index (χ2n) is 9.12. The van der Waals surface area contributed by atoms with Crippen LogP contribution in [0.5, 0.6) is 0 Å². The number of nitrogen functional groups attached to an aromatic ring is 1. The van der Waals surface area contributed by atoms with Crippen molar-refractivity contribution < 1.29 is 23.5 Å². The number of nitrogens with zero attached hydrogens (tertiary/aromatic N) is 3. The van der Waals surface area contributed by atoms with E-state index in [1.54, 1.807) is 23.1 Å². The van der Waals surface area contributed by atoms with Crippen molar-refractivity contribution in [1.82, 2.24) is 20.2 Å². The zero-order valence-corrected chi connectivity index (χ0v) is 19.8. The first-order chi connectivity index (χ1) is 17.7. The van der Waals surface area contributed by atoms with E-state index in [1.807, 2.05) is 24.3 Å². The lowest BCUT2D eigenvalue weighted by atomic mass is 9.90. The van der Waals surface area contributed by atoms with Gasteiger partial charge in [-0.3, -0.25) is 10.1 Å². The molecule has 0 spiro atoms. The molecule has 4 N–H and O–H groups in total. The van der Waals surface area contributed by atoms with Gasteiger partial charge in [0.05, 0.1) is 5.52 Å². The number of rotatable bonds is 6. The Bertz CT molecular complexity index is 1540. The molecule has 1 unspecified atom stereocenters. The number of anilines is 1. The summed E-state index contributed by atoms with van der Waals surface area (Å²) in [5, 5.41) is 13.4. The second-order valence-corrected chi connectivity index (χ2v) is 9.12. The monoisotopic (exact) mass is 503 g/mol. The highest BCUT2D eigenvalue weighted by molar-refractivity contribution is 6.05. The van der Waals surface area contributed by atoms with Crippen LogP contribution in [0.2, 0.25) is 0 Å². The Morgan fingerprint density at radius 3 is 2.38 bits per heavy atom. The second kappa shape index (κ2) is 9.21. The summed E-state index contributed by atoms with van der Waals surface area (Å²) in [6.45, 7) is 2.24. The van der Waals surface area contributed by atoms with E-state index in [0.717, 1.165) is 23.3 Å². The summed E-state index contributed by atoms with van der Waals surface area (Å²) in [7, 11) is 0. The van der Waals surface area contributed by atoms with E-state index < -0.39 is 23.1 Å². The SMILES string of the molecule is CC(NCc1ccc(F)c(F)c1)(C(=O)O)c1ccc2nc(N)nc(C(=O)N3Cc4ccccc4C3)c2c1. The summed E-state index contributed by atoms with van der Waals surface area (Å²) >= 11 is 0. The van der Waals surface area contributed by atoms with Gasteiger partial charge < -0.3 is 15.7 Å². The third-order valence-corrected chi connectivity index (χ3v) is 6.68. The highest BCUT2D eigenvalue weighted by Crippen LogP contribution is 2.30. The van der Waals surface area contributed by atoms with Crippen molar-refractivity contribution in [3.05, 3.63) is 100 Å². The van der Waals surface area contributed by atoms with Crippen LogP contribution in [-0.2, 0) is 30.0 Å². The number of aliphatic carboxylic acids is 1. The van der Waals surface area contributed by atoms with Gasteiger partial charge in [-0.05, 0) is 53.4 Å². The third kappa shape index (κ3) is 4.47. The van der Waals surface area contributed by atoms with Crippen LogP contribution >= 0.6 is 0 Å². The van der Waals surface area contributed by atoms with Crippen LogP contribution in [0.3, 0.4) is 0 Å². The maximum absolute atomic E-state index is 13.6. The smallest absolute Gasteiger partial charge is 0.328 e. The van der Waals surface area contributed by atoms with Crippen molar-refractivity contribution in [2.45, 2.75) is 32.1 Å². The number of halogens is 2. The number of nitrogens with one attached hydrogen (secondary N) is 1. The number of fused-ring (bicyclic) bond motifs is 2. The quantitative estimate of drug-likeness (QED) is 0.367. The first-order valence-electron chi connectivity index (χ1n) is 11.5. The van der Waals surface area contributed by atoms with Gasteiger partial charge in [-0.1, -0.05) is 36.4 Å². The van der Waals surface area contributed by atoms with E-state index in [9.17, 15) is 23.5 Å². The topological polar surface area (TPSA) is 121 Å².